The molecule has 0 spiro atoms. The van der Waals surface area contributed by atoms with E-state index in [1.165, 1.54) is 44.5 Å². The number of H-pyrrole nitrogens is 1. The zero-order valence-electron chi connectivity index (χ0n) is 65.8. The molecule has 0 aliphatic carbocycles. The van der Waals surface area contributed by atoms with Crippen LogP contribution in [0.1, 0.15) is 244 Å². The zero-order chi connectivity index (χ0) is 74.1. The van der Waals surface area contributed by atoms with E-state index in [1.807, 2.05) is 0 Å². The molecule has 103 heavy (non-hydrogen) atoms. The molecule has 7 heteroatoms. The van der Waals surface area contributed by atoms with Crippen molar-refractivity contribution >= 4 is 74.1 Å². The molecule has 0 saturated heterocycles. The quantitative estimate of drug-likeness (QED) is 0.156. The van der Waals surface area contributed by atoms with Gasteiger partial charge in [-0.3, -0.25) is 0 Å². The van der Waals surface area contributed by atoms with Gasteiger partial charge in [0, 0.05) is 39.0 Å². The first kappa shape index (κ1) is 71.8. The van der Waals surface area contributed by atoms with Crippen LogP contribution < -0.4 is 5.32 Å². The number of hydrogen-bond acceptors (Lipinski definition) is 6. The van der Waals surface area contributed by atoms with E-state index >= 15 is 0 Å². The Morgan fingerprint density at radius 2 is 0.447 bits per heavy atom. The summed E-state index contributed by atoms with van der Waals surface area (Å²) in [7, 11) is 0. The first-order chi connectivity index (χ1) is 48.1. The molecule has 2 N–H and O–H groups in total. The van der Waals surface area contributed by atoms with E-state index in [-0.39, 0.29) is 43.3 Å². The molecule has 0 radical (unpaired) electrons. The fourth-order valence-electron chi connectivity index (χ4n) is 14.5. The van der Waals surface area contributed by atoms with Crippen LogP contribution in [0.2, 0.25) is 0 Å². The van der Waals surface area contributed by atoms with Gasteiger partial charge in [-0.15, -0.1) is 0 Å². The second-order valence-electron chi connectivity index (χ2n) is 37.3. The monoisotopic (exact) mass is 1360 g/mol. The molecule has 4 aliphatic heterocycles. The minimum absolute atomic E-state index is 0.0982. The number of aliphatic imine (C=N–C) groups is 5. The molecule has 5 heterocycles. The molecule has 0 saturated carbocycles. The Morgan fingerprint density at radius 3 is 0.728 bits per heavy atom. The van der Waals surface area contributed by atoms with Crippen LogP contribution in [0.4, 0.5) is 11.6 Å². The Hall–Kier alpha value is -9.59. The van der Waals surface area contributed by atoms with Crippen LogP contribution in [0.3, 0.4) is 0 Å². The van der Waals surface area contributed by atoms with Crippen molar-refractivity contribution in [3.8, 4) is 22.3 Å². The van der Waals surface area contributed by atoms with Crippen molar-refractivity contribution < 1.29 is 0 Å². The summed E-state index contributed by atoms with van der Waals surface area (Å²) < 4.78 is 0. The highest BCUT2D eigenvalue weighted by Gasteiger charge is 2.43. The lowest BCUT2D eigenvalue weighted by Crippen LogP contribution is -2.36. The minimum atomic E-state index is -0.589. The lowest BCUT2D eigenvalue weighted by Gasteiger charge is -2.23. The fraction of sp³-hybridized carbons (Fsp3) is 0.344. The maximum atomic E-state index is 6.16. The van der Waals surface area contributed by atoms with Gasteiger partial charge in [0.1, 0.15) is 17.5 Å². The minimum Gasteiger partial charge on any atom is -0.357 e. The van der Waals surface area contributed by atoms with E-state index < -0.39 is 6.04 Å². The molecule has 8 aromatic carbocycles. The van der Waals surface area contributed by atoms with E-state index in [1.54, 1.807) is 0 Å². The third-order valence-electron chi connectivity index (χ3n) is 21.2. The number of amidine groups is 4. The summed E-state index contributed by atoms with van der Waals surface area (Å²) in [4.78, 5) is 34.4. The van der Waals surface area contributed by atoms with Crippen LogP contribution >= 0.6 is 0 Å². The van der Waals surface area contributed by atoms with Gasteiger partial charge in [-0.2, -0.15) is 0 Å². The predicted molar refractivity (Wildman–Crippen MR) is 444 cm³/mol. The highest BCUT2D eigenvalue weighted by Crippen LogP contribution is 2.51. The summed E-state index contributed by atoms with van der Waals surface area (Å²) in [6, 6.07) is 72.6. The van der Waals surface area contributed by atoms with Crippen molar-refractivity contribution in [1.82, 2.24) is 10.3 Å². The number of hydrogen-bond donors (Lipinski definition) is 2. The third kappa shape index (κ3) is 14.2. The largest absolute Gasteiger partial charge is 0.357 e. The Bertz CT molecular complexity index is 5030. The summed E-state index contributed by atoms with van der Waals surface area (Å²) in [5.41, 5.74) is 25.5. The normalized spacial score (nSPS) is 16.8. The lowest BCUT2D eigenvalue weighted by molar-refractivity contribution is 0.590. The number of fused-ring (bicyclic) bond motifs is 7. The summed E-state index contributed by atoms with van der Waals surface area (Å²) in [6.45, 7) is 54.7. The summed E-state index contributed by atoms with van der Waals surface area (Å²) in [5, 5.41) is 4.28. The summed E-state index contributed by atoms with van der Waals surface area (Å²) in [6.07, 6.45) is 0. The number of aromatic nitrogens is 1. The molecule has 9 aromatic rings. The van der Waals surface area contributed by atoms with E-state index in [9.17, 15) is 0 Å². The third-order valence-corrected chi connectivity index (χ3v) is 21.2. The van der Waals surface area contributed by atoms with Gasteiger partial charge in [0.15, 0.2) is 17.5 Å². The molecular weight excluding hydrogens is 1250 g/mol. The number of nitrogens with one attached hydrogen (secondary N) is 2. The Morgan fingerprint density at radius 1 is 0.223 bits per heavy atom. The molecule has 526 valence electrons. The second-order valence-corrected chi connectivity index (χ2v) is 37.3. The van der Waals surface area contributed by atoms with Crippen molar-refractivity contribution in [3.05, 3.63) is 272 Å². The van der Waals surface area contributed by atoms with Gasteiger partial charge in [0.25, 0.3) is 0 Å². The molecule has 1 aromatic heterocycles. The molecule has 1 atom stereocenters. The smallest absolute Gasteiger partial charge is 0.165 e. The van der Waals surface area contributed by atoms with Gasteiger partial charge < -0.3 is 10.3 Å². The topological polar surface area (TPSA) is 89.6 Å². The molecule has 8 bridgehead atoms. The van der Waals surface area contributed by atoms with Gasteiger partial charge in [0.05, 0.1) is 11.8 Å². The van der Waals surface area contributed by atoms with Crippen molar-refractivity contribution in [3.63, 3.8) is 0 Å². The molecule has 13 rings (SSSR count). The SMILES string of the molecule is CC(C)(C)c1ccc(C2=C(c3ccc(C(C)(C)C)cc3)C3=Nc4[nH]c(c(-c5ccc(C(C)(C)C)cc5)c4-c4ccc(C(C)(C)C)cc4)/N=C4\N=C(C(c5ccc(C(C)(C)C)cc5)=C4c4ccc(C(C)(C)C)cc4)C4NC(=NC2=N3)C(c2ccc(C(C)(C)C)cc2)=C4c2ccc(C(C)(C)C)cc2)cc1. The summed E-state index contributed by atoms with van der Waals surface area (Å²) >= 11 is 0. The van der Waals surface area contributed by atoms with Gasteiger partial charge in [-0.05, 0) is 138 Å². The highest BCUT2D eigenvalue weighted by atomic mass is 15.1. The van der Waals surface area contributed by atoms with Gasteiger partial charge >= 0.3 is 0 Å². The first-order valence-corrected chi connectivity index (χ1v) is 37.2. The first-order valence-electron chi connectivity index (χ1n) is 37.2. The molecule has 0 amide bonds. The summed E-state index contributed by atoms with van der Waals surface area (Å²) in [5.74, 6) is 3.58. The second kappa shape index (κ2) is 25.7. The van der Waals surface area contributed by atoms with Crippen LogP contribution in [0, 0.1) is 0 Å². The van der Waals surface area contributed by atoms with E-state index in [0.29, 0.717) is 35.0 Å². The van der Waals surface area contributed by atoms with E-state index in [2.05, 4.69) is 371 Å². The van der Waals surface area contributed by atoms with Gasteiger partial charge in [0.2, 0.25) is 0 Å². The Labute approximate surface area is 615 Å². The highest BCUT2D eigenvalue weighted by molar-refractivity contribution is 6.56. The molecule has 7 nitrogen and oxygen atoms in total. The average molecular weight is 1360 g/mol. The van der Waals surface area contributed by atoms with Crippen LogP contribution in [-0.2, 0) is 43.3 Å². The number of rotatable bonds is 8. The van der Waals surface area contributed by atoms with Crippen LogP contribution in [0.5, 0.6) is 0 Å². The van der Waals surface area contributed by atoms with Crippen molar-refractivity contribution in [1.29, 1.82) is 0 Å². The van der Waals surface area contributed by atoms with Crippen LogP contribution in [0.15, 0.2) is 219 Å². The van der Waals surface area contributed by atoms with Gasteiger partial charge in [-0.1, -0.05) is 360 Å². The van der Waals surface area contributed by atoms with Gasteiger partial charge in [-0.25, -0.2) is 25.0 Å². The van der Waals surface area contributed by atoms with E-state index in [0.717, 1.165) is 94.8 Å². The zero-order valence-corrected chi connectivity index (χ0v) is 65.8. The maximum absolute atomic E-state index is 6.16. The Balaban J connectivity index is 1.24. The number of benzene rings is 8. The lowest BCUT2D eigenvalue weighted by atomic mass is 9.81. The standard InChI is InChI=1S/C96H107N7/c1-89(2,3)65-41-25-57(26-42-65)73-75(59-29-45-67(46-30-59)91(7,8)9)83-97-81(73)82-74(58-27-43-66(44-28-58)90(4,5)6)76(60-31-47-68(48-32-60)92(10,11)12)84(98-82)100-86-78(62-35-51-70(52-36-62)94(16,17)18)80(64-39-55-72(56-40-64)96(22,23)24)88(102-86)103-87-79(63-37-53-71(54-38-63)95(19,20)21)77(85(99-83)101-87)61-33-49-69(50-34-61)93(13,14)15/h25-56,81,102H,1-24H3,(H,97,99,101,103)/b100-84-. The van der Waals surface area contributed by atoms with Crippen molar-refractivity contribution in [2.75, 3.05) is 0 Å². The molecule has 0 fully saturated rings. The number of nitrogens with zero attached hydrogens (tertiary/aromatic N) is 5. The van der Waals surface area contributed by atoms with Crippen LogP contribution in [0.25, 0.3) is 55.7 Å². The van der Waals surface area contributed by atoms with E-state index in [4.69, 9.17) is 25.0 Å². The number of aromatic amines is 1. The average Bonchev–Trinajstić information content (AvgIpc) is 1.57. The Kier molecular flexibility index (Phi) is 17.9. The van der Waals surface area contributed by atoms with Crippen molar-refractivity contribution in [2.24, 2.45) is 25.0 Å². The molecular formula is C96H107N7. The fourth-order valence-corrected chi connectivity index (χ4v) is 14.5. The molecule has 4 aliphatic rings. The van der Waals surface area contributed by atoms with Crippen molar-refractivity contribution in [2.45, 2.75) is 216 Å². The molecule has 1 unspecified atom stereocenters. The maximum Gasteiger partial charge on any atom is 0.165 e. The van der Waals surface area contributed by atoms with Crippen LogP contribution in [-0.4, -0.2) is 40.1 Å². The predicted octanol–water partition coefficient (Wildman–Crippen LogP) is 24.9.